The Morgan fingerprint density at radius 1 is 1.03 bits per heavy atom. The van der Waals surface area contributed by atoms with Crippen molar-refractivity contribution in [2.45, 2.75) is 82.2 Å². The van der Waals surface area contributed by atoms with Crippen molar-refractivity contribution >= 4 is 10.1 Å². The van der Waals surface area contributed by atoms with E-state index in [1.807, 2.05) is 20.8 Å². The first-order valence-corrected chi connectivity index (χ1v) is 12.3. The number of rotatable bonds is 3. The van der Waals surface area contributed by atoms with Crippen LogP contribution in [0, 0.1) is 30.6 Å². The third-order valence-electron chi connectivity index (χ3n) is 7.63. The normalized spacial score (nSPS) is 45.6. The fraction of sp³-hybridized carbons (Fsp3) is 0.727. The fourth-order valence-corrected chi connectivity index (χ4v) is 6.92. The molecule has 0 amide bonds. The van der Waals surface area contributed by atoms with E-state index in [0.717, 1.165) is 24.8 Å². The lowest BCUT2D eigenvalue weighted by Gasteiger charge is -2.60. The number of hydrogen-bond acceptors (Lipinski definition) is 7. The Hall–Kier alpha value is -1.03. The van der Waals surface area contributed by atoms with E-state index in [9.17, 15) is 8.42 Å². The third kappa shape index (κ3) is 3.07. The molecule has 5 fully saturated rings. The van der Waals surface area contributed by atoms with Gasteiger partial charge in [0.25, 0.3) is 10.1 Å². The smallest absolute Gasteiger partial charge is 0.299 e. The largest absolute Gasteiger partial charge is 0.319 e. The van der Waals surface area contributed by atoms with Crippen LogP contribution >= 0.6 is 0 Å². The Bertz CT molecular complexity index is 916. The predicted molar refractivity (Wildman–Crippen MR) is 106 cm³/mol. The van der Waals surface area contributed by atoms with Crippen LogP contribution in [0.1, 0.15) is 52.0 Å². The van der Waals surface area contributed by atoms with E-state index in [-0.39, 0.29) is 22.6 Å². The quantitative estimate of drug-likeness (QED) is 0.523. The van der Waals surface area contributed by atoms with E-state index < -0.39 is 34.1 Å². The molecule has 1 aromatic rings. The van der Waals surface area contributed by atoms with Gasteiger partial charge in [0.2, 0.25) is 5.79 Å². The number of ether oxygens (including phenoxy) is 2. The molecule has 2 bridgehead atoms. The summed E-state index contributed by atoms with van der Waals surface area (Å²) in [4.78, 5) is 12.0. The molecule has 0 radical (unpaired) electrons. The molecule has 8 atom stereocenters. The maximum atomic E-state index is 12.9. The van der Waals surface area contributed by atoms with E-state index in [1.54, 1.807) is 24.3 Å². The molecule has 7 nitrogen and oxygen atoms in total. The maximum Gasteiger partial charge on any atom is 0.299 e. The van der Waals surface area contributed by atoms with E-state index >= 15 is 0 Å². The molecule has 4 aliphatic heterocycles. The maximum absolute atomic E-state index is 12.9. The van der Waals surface area contributed by atoms with Crippen LogP contribution in [0.25, 0.3) is 0 Å². The summed E-state index contributed by atoms with van der Waals surface area (Å²) in [7, 11) is -3.98. The summed E-state index contributed by atoms with van der Waals surface area (Å²) in [6, 6.07) is 6.62. The van der Waals surface area contributed by atoms with Crippen LogP contribution in [0.2, 0.25) is 0 Å². The molecular formula is C22H30O7S. The molecule has 1 aliphatic carbocycles. The van der Waals surface area contributed by atoms with Crippen LogP contribution in [0.15, 0.2) is 29.2 Å². The van der Waals surface area contributed by atoms with Crippen molar-refractivity contribution in [2.75, 3.05) is 0 Å². The summed E-state index contributed by atoms with van der Waals surface area (Å²) in [5, 5.41) is 0. The zero-order chi connectivity index (χ0) is 21.3. The Balaban J connectivity index is 1.47. The molecule has 6 rings (SSSR count). The predicted octanol–water partition coefficient (Wildman–Crippen LogP) is 3.91. The molecule has 0 N–H and O–H groups in total. The minimum absolute atomic E-state index is 0.0123. The van der Waals surface area contributed by atoms with E-state index in [1.165, 1.54) is 0 Å². The van der Waals surface area contributed by atoms with Crippen molar-refractivity contribution in [3.05, 3.63) is 29.8 Å². The molecule has 1 saturated carbocycles. The van der Waals surface area contributed by atoms with Gasteiger partial charge < -0.3 is 9.47 Å². The molecular weight excluding hydrogens is 408 g/mol. The first kappa shape index (κ1) is 20.8. The number of fused-ring (bicyclic) bond motifs is 2. The lowest BCUT2D eigenvalue weighted by Crippen LogP contribution is -2.70. The lowest BCUT2D eigenvalue weighted by molar-refractivity contribution is -0.575. The van der Waals surface area contributed by atoms with Gasteiger partial charge in [0, 0.05) is 18.3 Å². The highest BCUT2D eigenvalue weighted by atomic mass is 32.2. The Labute approximate surface area is 178 Å². The highest BCUT2D eigenvalue weighted by Crippen LogP contribution is 2.60. The Morgan fingerprint density at radius 3 is 2.50 bits per heavy atom. The second-order valence-corrected chi connectivity index (χ2v) is 11.2. The monoisotopic (exact) mass is 438 g/mol. The summed E-state index contributed by atoms with van der Waals surface area (Å²) in [5.41, 5.74) is 0.245. The van der Waals surface area contributed by atoms with Gasteiger partial charge in [-0.2, -0.15) is 8.42 Å². The van der Waals surface area contributed by atoms with Crippen molar-refractivity contribution < 1.29 is 31.8 Å². The zero-order valence-corrected chi connectivity index (χ0v) is 18.7. The van der Waals surface area contributed by atoms with Gasteiger partial charge in [-0.1, -0.05) is 31.5 Å². The molecule has 4 heterocycles. The second kappa shape index (κ2) is 6.98. The van der Waals surface area contributed by atoms with Crippen LogP contribution in [-0.4, -0.2) is 32.4 Å². The molecule has 1 spiro atoms. The molecule has 0 aromatic heterocycles. The summed E-state index contributed by atoms with van der Waals surface area (Å²) in [6.45, 7) is 7.97. The first-order chi connectivity index (χ1) is 14.1. The molecule has 8 unspecified atom stereocenters. The van der Waals surface area contributed by atoms with Crippen molar-refractivity contribution in [1.82, 2.24) is 0 Å². The molecule has 1 aromatic carbocycles. The average Bonchev–Trinajstić information content (AvgIpc) is 2.92. The van der Waals surface area contributed by atoms with Crippen LogP contribution in [0.4, 0.5) is 0 Å². The molecule has 30 heavy (non-hydrogen) atoms. The summed E-state index contributed by atoms with van der Waals surface area (Å²) in [5.74, 6) is -0.425. The van der Waals surface area contributed by atoms with Crippen molar-refractivity contribution in [2.24, 2.45) is 23.7 Å². The number of hydrogen-bond donors (Lipinski definition) is 0. The van der Waals surface area contributed by atoms with E-state index in [2.05, 4.69) is 6.92 Å². The summed E-state index contributed by atoms with van der Waals surface area (Å²) >= 11 is 0. The number of aryl methyl sites for hydroxylation is 1. The Kier molecular flexibility index (Phi) is 4.85. The van der Waals surface area contributed by atoms with Crippen LogP contribution in [-0.2, 0) is 33.6 Å². The van der Waals surface area contributed by atoms with Gasteiger partial charge in [-0.25, -0.2) is 14.0 Å². The van der Waals surface area contributed by atoms with Gasteiger partial charge in [-0.05, 0) is 57.1 Å². The number of benzene rings is 1. The van der Waals surface area contributed by atoms with Crippen LogP contribution in [0.5, 0.6) is 0 Å². The van der Waals surface area contributed by atoms with Gasteiger partial charge in [-0.3, -0.25) is 0 Å². The standard InChI is InChI=1S/C22H30O7S/c1-13-5-8-16(9-6-13)30(23,24)27-19-15(3)18-10-7-14(2)17-11-12-21(4)26-20(25-19)22(17,18)29-28-21/h5-6,8-9,14-15,17-20H,7,10-12H2,1-4H3. The average molecular weight is 439 g/mol. The molecule has 166 valence electrons. The molecule has 4 saturated heterocycles. The summed E-state index contributed by atoms with van der Waals surface area (Å²) in [6.07, 6.45) is 1.88. The SMILES string of the molecule is Cc1ccc(S(=O)(=O)OC2OC3OC4(C)CCC5C(C)CCC(C2C)C35OO4)cc1. The van der Waals surface area contributed by atoms with Crippen molar-refractivity contribution in [3.63, 3.8) is 0 Å². The minimum atomic E-state index is -3.98. The van der Waals surface area contributed by atoms with Gasteiger partial charge >= 0.3 is 0 Å². The van der Waals surface area contributed by atoms with E-state index in [4.69, 9.17) is 23.4 Å². The summed E-state index contributed by atoms with van der Waals surface area (Å²) < 4.78 is 44.0. The van der Waals surface area contributed by atoms with Gasteiger partial charge in [0.05, 0.1) is 4.90 Å². The Morgan fingerprint density at radius 2 is 1.77 bits per heavy atom. The highest BCUT2D eigenvalue weighted by Gasteiger charge is 2.69. The molecule has 8 heteroatoms. The van der Waals surface area contributed by atoms with Crippen LogP contribution < -0.4 is 0 Å². The van der Waals surface area contributed by atoms with Gasteiger partial charge in [-0.15, -0.1) is 0 Å². The van der Waals surface area contributed by atoms with E-state index in [0.29, 0.717) is 12.3 Å². The van der Waals surface area contributed by atoms with Crippen molar-refractivity contribution in [3.8, 4) is 0 Å². The van der Waals surface area contributed by atoms with Crippen molar-refractivity contribution in [1.29, 1.82) is 0 Å². The molecule has 5 aliphatic rings. The second-order valence-electron chi connectivity index (χ2n) is 9.64. The highest BCUT2D eigenvalue weighted by molar-refractivity contribution is 7.86. The third-order valence-corrected chi connectivity index (χ3v) is 8.92. The minimum Gasteiger partial charge on any atom is -0.319 e. The zero-order valence-electron chi connectivity index (χ0n) is 17.9. The van der Waals surface area contributed by atoms with Gasteiger partial charge in [0.1, 0.15) is 0 Å². The van der Waals surface area contributed by atoms with Crippen LogP contribution in [0.3, 0.4) is 0 Å². The first-order valence-electron chi connectivity index (χ1n) is 10.8. The fourth-order valence-electron chi connectivity index (χ4n) is 5.87. The topological polar surface area (TPSA) is 80.3 Å². The van der Waals surface area contributed by atoms with Gasteiger partial charge in [0.15, 0.2) is 18.2 Å². The lowest BCUT2D eigenvalue weighted by atomic mass is 9.58.